The zero-order valence-corrected chi connectivity index (χ0v) is 71.5. The van der Waals surface area contributed by atoms with Gasteiger partial charge in [-0.3, -0.25) is 0 Å². The van der Waals surface area contributed by atoms with Gasteiger partial charge in [-0.1, -0.05) is 393 Å². The first-order valence-electron chi connectivity index (χ1n) is 45.2. The van der Waals surface area contributed by atoms with Gasteiger partial charge in [0, 0.05) is 37.3 Å². The molecule has 4 nitrogen and oxygen atoms in total. The highest BCUT2D eigenvalue weighted by Crippen LogP contribution is 2.64. The molecule has 0 N–H and O–H groups in total. The maximum Gasteiger partial charge on any atom is 0.141 e. The summed E-state index contributed by atoms with van der Waals surface area (Å²) in [6.45, 7) is 13.5. The monoisotopic (exact) mass is 1520 g/mol. The summed E-state index contributed by atoms with van der Waals surface area (Å²) < 4.78 is 52.9. The van der Waals surface area contributed by atoms with E-state index in [9.17, 15) is 0 Å². The first-order chi connectivity index (χ1) is 52.2. The molecule has 0 aliphatic heterocycles. The van der Waals surface area contributed by atoms with E-state index < -0.39 is 0 Å². The van der Waals surface area contributed by atoms with Crippen LogP contribution in [-0.4, -0.2) is 17.5 Å². The summed E-state index contributed by atoms with van der Waals surface area (Å²) in [4.78, 5) is 2.82. The van der Waals surface area contributed by atoms with E-state index in [0.717, 1.165) is 75.9 Å². The average molecular weight is 1520 g/mol. The lowest BCUT2D eigenvalue weighted by molar-refractivity contribution is 0.393. The van der Waals surface area contributed by atoms with Crippen LogP contribution in [0.2, 0.25) is 0 Å². The smallest absolute Gasteiger partial charge is 0.141 e. The fraction of sp³-hybridized carbons (Fsp3) is 0.708. The minimum atomic E-state index is -0.285. The van der Waals surface area contributed by atoms with E-state index >= 15 is 8.78 Å². The molecule has 3 aromatic carbocycles. The molecule has 0 bridgehead atoms. The lowest BCUT2D eigenvalue weighted by atomic mass is 9.68. The van der Waals surface area contributed by atoms with Gasteiger partial charge in [0.1, 0.15) is 33.7 Å². The Morgan fingerprint density at radius 1 is 0.283 bits per heavy atom. The topological polar surface area (TPSA) is 51.6 Å². The summed E-state index contributed by atoms with van der Waals surface area (Å²) in [7, 11) is 0. The molecule has 7 aromatic rings. The fourth-order valence-corrected chi connectivity index (χ4v) is 21.8. The van der Waals surface area contributed by atoms with E-state index in [4.69, 9.17) is 17.5 Å². The van der Waals surface area contributed by atoms with E-state index in [1.807, 2.05) is 6.92 Å². The predicted octanol–water partition coefficient (Wildman–Crippen LogP) is 34.6. The SMILES string of the molecule is CCCCCCCCCCCCCCCCC1(CCCCCCCCCCCCCCCC)c2cc3c(cc2-c2c1cc(C)c1nsnc21)C(CCCCCCCCCCCCCCCC)(CCCCCCCCCCCCCCCC)c1cc(-c2cc(F)c(/C=C/c4sc(C)cc4F)s2)c2nsnc2c1-3. The highest BCUT2D eigenvalue weighted by Gasteiger charge is 2.50. The predicted molar refractivity (Wildman–Crippen MR) is 466 cm³/mol. The van der Waals surface area contributed by atoms with Gasteiger partial charge in [-0.25, -0.2) is 8.78 Å². The molecule has 0 atom stereocenters. The third kappa shape index (κ3) is 25.4. The summed E-state index contributed by atoms with van der Waals surface area (Å²) in [6, 6.07) is 14.0. The Morgan fingerprint density at radius 3 is 0.868 bits per heavy atom. The van der Waals surface area contributed by atoms with E-state index in [0.29, 0.717) is 9.75 Å². The van der Waals surface area contributed by atoms with E-state index in [2.05, 4.69) is 58.9 Å². The van der Waals surface area contributed by atoms with Gasteiger partial charge < -0.3 is 0 Å². The maximum absolute atomic E-state index is 16.7. The van der Waals surface area contributed by atoms with Crippen molar-refractivity contribution in [3.63, 3.8) is 0 Å². The van der Waals surface area contributed by atoms with E-state index in [-0.39, 0.29) is 22.5 Å². The highest BCUT2D eigenvalue weighted by atomic mass is 32.1. The van der Waals surface area contributed by atoms with Gasteiger partial charge in [-0.15, -0.1) is 22.7 Å². The number of nitrogens with zero attached hydrogens (tertiary/aromatic N) is 4. The second kappa shape index (κ2) is 48.9. The molecule has 106 heavy (non-hydrogen) atoms. The third-order valence-corrected chi connectivity index (χ3v) is 28.2. The van der Waals surface area contributed by atoms with Crippen LogP contribution in [0.1, 0.15) is 455 Å². The van der Waals surface area contributed by atoms with Crippen LogP contribution in [-0.2, 0) is 10.8 Å². The van der Waals surface area contributed by atoms with Crippen LogP contribution < -0.4 is 0 Å². The Morgan fingerprint density at radius 2 is 0.547 bits per heavy atom. The number of aryl methyl sites for hydroxylation is 2. The maximum atomic E-state index is 16.7. The molecule has 2 aliphatic carbocycles. The van der Waals surface area contributed by atoms with E-state index in [1.54, 1.807) is 24.3 Å². The standard InChI is InChI=1S/C96H146F2N4S4/c1-7-11-15-19-23-27-31-35-39-43-47-51-55-59-65-95(66-60-56-52-48-44-40-36-32-28-24-20-16-12-8-2)80-72-78-81(71-77(80)89-82(95)69-75(5)91-93(89)101-105-99-91)96(67-61-57-53-49-45-41-37-33-29-25-21-17-13-9-3,68-62-58-54-50-46-42-38-34-30-26-22-18-14-10-4)83-73-79(92-94(90(78)83)102-106-100-92)88-74-85(98)87(104-88)64-63-86-84(97)70-76(6)103-86/h63-64,69-74H,7-62,65-68H2,1-6H3/b64-63+. The largest absolute Gasteiger partial charge is 0.205 e. The van der Waals surface area contributed by atoms with Crippen molar-refractivity contribution >= 4 is 80.3 Å². The second-order valence-corrected chi connectivity index (χ2v) is 37.0. The lowest BCUT2D eigenvalue weighted by Crippen LogP contribution is -2.27. The number of halogens is 2. The number of aromatic nitrogens is 4. The van der Waals surface area contributed by atoms with Crippen LogP contribution in [0.25, 0.3) is 66.9 Å². The number of hydrogen-bond acceptors (Lipinski definition) is 8. The molecule has 0 amide bonds. The molecule has 0 fully saturated rings. The fourth-order valence-electron chi connectivity index (χ4n) is 18.8. The van der Waals surface area contributed by atoms with Crippen molar-refractivity contribution < 1.29 is 8.78 Å². The molecular formula is C96H146F2N4S4. The van der Waals surface area contributed by atoms with Crippen LogP contribution in [0, 0.1) is 25.5 Å². The molecule has 0 saturated carbocycles. The van der Waals surface area contributed by atoms with Gasteiger partial charge in [-0.2, -0.15) is 17.5 Å². The molecule has 0 unspecified atom stereocenters. The second-order valence-electron chi connectivity index (χ2n) is 33.6. The Kier molecular flexibility index (Phi) is 39.8. The minimum Gasteiger partial charge on any atom is -0.205 e. The number of unbranched alkanes of at least 4 members (excludes halogenated alkanes) is 52. The molecule has 0 spiro atoms. The Bertz CT molecular complexity index is 3540. The molecule has 10 heteroatoms. The highest BCUT2D eigenvalue weighted by molar-refractivity contribution is 7.16. The van der Waals surface area contributed by atoms with Crippen LogP contribution in [0.3, 0.4) is 0 Å². The molecule has 2 aliphatic rings. The number of thiophene rings is 2. The van der Waals surface area contributed by atoms with Crippen LogP contribution >= 0.6 is 46.1 Å². The van der Waals surface area contributed by atoms with Gasteiger partial charge >= 0.3 is 0 Å². The zero-order valence-electron chi connectivity index (χ0n) is 68.2. The number of fused-ring (bicyclic) bond motifs is 10. The number of rotatable bonds is 63. The quantitative estimate of drug-likeness (QED) is 0.0357. The van der Waals surface area contributed by atoms with Gasteiger partial charge in [0.25, 0.3) is 0 Å². The third-order valence-electron chi connectivity index (χ3n) is 25.1. The summed E-state index contributed by atoms with van der Waals surface area (Å²) in [5.41, 5.74) is 17.2. The number of benzene rings is 3. The summed E-state index contributed by atoms with van der Waals surface area (Å²) in [5, 5.41) is 0. The molecule has 0 saturated heterocycles. The molecule has 9 rings (SSSR count). The summed E-state index contributed by atoms with van der Waals surface area (Å²) >= 11 is 5.60. The molecule has 0 radical (unpaired) electrons. The van der Waals surface area contributed by atoms with Gasteiger partial charge in [0.05, 0.1) is 33.2 Å². The summed E-state index contributed by atoms with van der Waals surface area (Å²) in [6.07, 6.45) is 83.6. The Balaban J connectivity index is 1.06. The first kappa shape index (κ1) is 86.3. The zero-order chi connectivity index (χ0) is 74.3. The van der Waals surface area contributed by atoms with E-state index in [1.165, 1.54) is 443 Å². The van der Waals surface area contributed by atoms with Crippen LogP contribution in [0.5, 0.6) is 0 Å². The Labute approximate surface area is 662 Å². The summed E-state index contributed by atoms with van der Waals surface area (Å²) in [5.74, 6) is -0.527. The molecular weight excluding hydrogens is 1380 g/mol. The molecule has 4 heterocycles. The van der Waals surface area contributed by atoms with Crippen LogP contribution in [0.4, 0.5) is 8.78 Å². The normalized spacial score (nSPS) is 13.6. The van der Waals surface area contributed by atoms with Gasteiger partial charge in [0.15, 0.2) is 0 Å². The minimum absolute atomic E-state index is 0.159. The van der Waals surface area contributed by atoms with Crippen molar-refractivity contribution in [2.24, 2.45) is 0 Å². The van der Waals surface area contributed by atoms with Crippen molar-refractivity contribution in [2.75, 3.05) is 0 Å². The molecule has 4 aromatic heterocycles. The lowest BCUT2D eigenvalue weighted by Gasteiger charge is -2.35. The average Bonchev–Trinajstić information content (AvgIpc) is 1.52. The first-order valence-corrected chi connectivity index (χ1v) is 48.3. The van der Waals surface area contributed by atoms with Crippen molar-refractivity contribution in [3.05, 3.63) is 90.5 Å². The van der Waals surface area contributed by atoms with Crippen LogP contribution in [0.15, 0.2) is 36.4 Å². The molecule has 588 valence electrons. The van der Waals surface area contributed by atoms with Crippen molar-refractivity contribution in [3.8, 4) is 32.7 Å². The van der Waals surface area contributed by atoms with Crippen molar-refractivity contribution in [1.29, 1.82) is 0 Å². The van der Waals surface area contributed by atoms with Crippen molar-refractivity contribution in [1.82, 2.24) is 17.5 Å². The van der Waals surface area contributed by atoms with Crippen molar-refractivity contribution in [2.45, 2.75) is 438 Å². The van der Waals surface area contributed by atoms with Gasteiger partial charge in [-0.05, 0) is 121 Å². The van der Waals surface area contributed by atoms with Gasteiger partial charge in [0.2, 0.25) is 0 Å². The number of hydrogen-bond donors (Lipinski definition) is 0. The Hall–Kier alpha value is -3.70.